The molecule has 1 amide bonds. The van der Waals surface area contributed by atoms with Gasteiger partial charge in [0.2, 0.25) is 5.91 Å². The van der Waals surface area contributed by atoms with Gasteiger partial charge < -0.3 is 20.3 Å². The van der Waals surface area contributed by atoms with Crippen LogP contribution >= 0.6 is 0 Å². The van der Waals surface area contributed by atoms with Gasteiger partial charge in [0.1, 0.15) is 6.10 Å². The largest absolute Gasteiger partial charge is 0.462 e. The standard InChI is InChI=1S/C55H99NO5/c1-4-7-10-13-16-19-22-25-26-27-28-30-31-34-37-40-43-46-51(61-55(60)48-45-42-39-36-33-24-21-18-15-12-9-6-3)49-54(59)56-52(50-57)53(58)47-44-41-38-35-32-29-23-20-17-14-11-8-5-2/h16,18-19,21,25-26,28,30,34,37,51-53,57-58H,4-15,17,20,22-24,27,29,31-33,35-36,38-50H2,1-3H3,(H,56,59)/b19-16-,21-18-,26-25-,30-28-,37-34-. The number of aliphatic hydroxyl groups is 2. The highest BCUT2D eigenvalue weighted by Gasteiger charge is 2.24. The van der Waals surface area contributed by atoms with E-state index in [1.165, 1.54) is 128 Å². The van der Waals surface area contributed by atoms with E-state index in [9.17, 15) is 19.8 Å². The number of aliphatic hydroxyl groups excluding tert-OH is 2. The van der Waals surface area contributed by atoms with E-state index in [0.29, 0.717) is 19.3 Å². The minimum Gasteiger partial charge on any atom is -0.462 e. The lowest BCUT2D eigenvalue weighted by Crippen LogP contribution is -2.46. The molecule has 3 unspecified atom stereocenters. The van der Waals surface area contributed by atoms with Crippen LogP contribution < -0.4 is 5.32 Å². The minimum absolute atomic E-state index is 0.0360. The van der Waals surface area contributed by atoms with Crippen LogP contribution in [-0.2, 0) is 14.3 Å². The number of hydrogen-bond acceptors (Lipinski definition) is 5. The number of esters is 1. The molecular formula is C55H99NO5. The van der Waals surface area contributed by atoms with Gasteiger partial charge in [-0.15, -0.1) is 0 Å². The molecule has 0 aromatic carbocycles. The van der Waals surface area contributed by atoms with Crippen molar-refractivity contribution in [3.05, 3.63) is 60.8 Å². The molecule has 0 saturated heterocycles. The monoisotopic (exact) mass is 854 g/mol. The molecule has 354 valence electrons. The molecule has 0 bridgehead atoms. The second kappa shape index (κ2) is 48.6. The molecule has 0 heterocycles. The minimum atomic E-state index is -0.804. The molecule has 0 aliphatic heterocycles. The number of nitrogens with one attached hydrogen (secondary N) is 1. The van der Waals surface area contributed by atoms with Gasteiger partial charge in [0.15, 0.2) is 0 Å². The first-order valence-electron chi connectivity index (χ1n) is 26.0. The lowest BCUT2D eigenvalue weighted by Gasteiger charge is -2.24. The summed E-state index contributed by atoms with van der Waals surface area (Å²) in [5.41, 5.74) is 0. The highest BCUT2D eigenvalue weighted by atomic mass is 16.5. The van der Waals surface area contributed by atoms with E-state index in [-0.39, 0.29) is 24.9 Å². The summed E-state index contributed by atoms with van der Waals surface area (Å²) in [6, 6.07) is -0.721. The van der Waals surface area contributed by atoms with E-state index in [2.05, 4.69) is 86.8 Å². The Balaban J connectivity index is 4.70. The first kappa shape index (κ1) is 58.6. The van der Waals surface area contributed by atoms with Crippen LogP contribution in [0.2, 0.25) is 0 Å². The van der Waals surface area contributed by atoms with Gasteiger partial charge in [-0.1, -0.05) is 210 Å². The molecule has 0 rings (SSSR count). The van der Waals surface area contributed by atoms with Gasteiger partial charge >= 0.3 is 5.97 Å². The van der Waals surface area contributed by atoms with E-state index < -0.39 is 18.2 Å². The van der Waals surface area contributed by atoms with Crippen LogP contribution in [-0.4, -0.2) is 46.9 Å². The molecule has 0 fully saturated rings. The molecule has 61 heavy (non-hydrogen) atoms. The van der Waals surface area contributed by atoms with Crippen LogP contribution in [0.1, 0.15) is 252 Å². The van der Waals surface area contributed by atoms with Gasteiger partial charge in [0.05, 0.1) is 25.2 Å². The third kappa shape index (κ3) is 44.0. The summed E-state index contributed by atoms with van der Waals surface area (Å²) in [4.78, 5) is 26.1. The number of rotatable bonds is 46. The summed E-state index contributed by atoms with van der Waals surface area (Å²) in [7, 11) is 0. The van der Waals surface area contributed by atoms with E-state index in [0.717, 1.165) is 77.0 Å². The lowest BCUT2D eigenvalue weighted by molar-refractivity contribution is -0.151. The van der Waals surface area contributed by atoms with Crippen molar-refractivity contribution in [3.8, 4) is 0 Å². The van der Waals surface area contributed by atoms with Gasteiger partial charge in [-0.3, -0.25) is 9.59 Å². The lowest BCUT2D eigenvalue weighted by atomic mass is 10.0. The van der Waals surface area contributed by atoms with Gasteiger partial charge in [-0.05, 0) is 89.9 Å². The Morgan fingerprint density at radius 2 is 0.852 bits per heavy atom. The molecule has 0 aliphatic carbocycles. The van der Waals surface area contributed by atoms with Crippen LogP contribution in [0.25, 0.3) is 0 Å². The average molecular weight is 854 g/mol. The second-order valence-corrected chi connectivity index (χ2v) is 17.6. The summed E-state index contributed by atoms with van der Waals surface area (Å²) in [6.45, 7) is 6.41. The molecule has 3 N–H and O–H groups in total. The zero-order valence-electron chi connectivity index (χ0n) is 40.3. The average Bonchev–Trinajstić information content (AvgIpc) is 3.25. The molecule has 0 spiro atoms. The smallest absolute Gasteiger partial charge is 0.306 e. The van der Waals surface area contributed by atoms with Crippen LogP contribution in [0.3, 0.4) is 0 Å². The summed E-state index contributed by atoms with van der Waals surface area (Å²) >= 11 is 0. The molecule has 0 aromatic heterocycles. The van der Waals surface area contributed by atoms with Crippen molar-refractivity contribution in [1.29, 1.82) is 0 Å². The van der Waals surface area contributed by atoms with Crippen molar-refractivity contribution >= 4 is 11.9 Å². The van der Waals surface area contributed by atoms with Crippen molar-refractivity contribution in [2.75, 3.05) is 6.61 Å². The van der Waals surface area contributed by atoms with E-state index in [1.54, 1.807) is 0 Å². The normalized spacial score (nSPS) is 13.7. The zero-order chi connectivity index (χ0) is 44.5. The van der Waals surface area contributed by atoms with Crippen LogP contribution in [0.15, 0.2) is 60.8 Å². The third-order valence-electron chi connectivity index (χ3n) is 11.6. The highest BCUT2D eigenvalue weighted by Crippen LogP contribution is 2.17. The number of amides is 1. The molecule has 0 aliphatic rings. The van der Waals surface area contributed by atoms with Gasteiger partial charge in [0, 0.05) is 6.42 Å². The third-order valence-corrected chi connectivity index (χ3v) is 11.6. The summed E-state index contributed by atoms with van der Waals surface area (Å²) < 4.78 is 5.90. The molecular weight excluding hydrogens is 755 g/mol. The fourth-order valence-electron chi connectivity index (χ4n) is 7.59. The summed E-state index contributed by atoms with van der Waals surface area (Å²) in [6.07, 6.45) is 59.9. The number of carbonyl (C=O) groups excluding carboxylic acids is 2. The van der Waals surface area contributed by atoms with E-state index >= 15 is 0 Å². The Morgan fingerprint density at radius 3 is 1.34 bits per heavy atom. The number of carbonyl (C=O) groups is 2. The topological polar surface area (TPSA) is 95.9 Å². The van der Waals surface area contributed by atoms with Crippen LogP contribution in [0.4, 0.5) is 0 Å². The van der Waals surface area contributed by atoms with E-state index in [4.69, 9.17) is 4.74 Å². The molecule has 0 saturated carbocycles. The first-order chi connectivity index (χ1) is 30.0. The Labute approximate surface area is 378 Å². The number of hydrogen-bond donors (Lipinski definition) is 3. The maximum Gasteiger partial charge on any atom is 0.306 e. The van der Waals surface area contributed by atoms with Crippen molar-refractivity contribution in [3.63, 3.8) is 0 Å². The van der Waals surface area contributed by atoms with Crippen LogP contribution in [0.5, 0.6) is 0 Å². The summed E-state index contributed by atoms with van der Waals surface area (Å²) in [5, 5.41) is 23.7. The Kier molecular flexibility index (Phi) is 46.6. The maximum atomic E-state index is 13.2. The Bertz CT molecular complexity index is 1090. The molecule has 6 heteroatoms. The Hall–Kier alpha value is -2.44. The fraction of sp³-hybridized carbons (Fsp3) is 0.782. The van der Waals surface area contributed by atoms with Crippen LogP contribution in [0, 0.1) is 0 Å². The summed E-state index contributed by atoms with van der Waals surface area (Å²) in [5.74, 6) is -0.537. The number of allylic oxidation sites excluding steroid dienone is 10. The molecule has 6 nitrogen and oxygen atoms in total. The number of unbranched alkanes of at least 4 members (excludes halogenated alkanes) is 24. The number of ether oxygens (including phenoxy) is 1. The van der Waals surface area contributed by atoms with E-state index in [1.807, 2.05) is 0 Å². The van der Waals surface area contributed by atoms with Crippen molar-refractivity contribution in [2.45, 2.75) is 270 Å². The highest BCUT2D eigenvalue weighted by molar-refractivity contribution is 5.77. The predicted molar refractivity (Wildman–Crippen MR) is 264 cm³/mol. The fourth-order valence-corrected chi connectivity index (χ4v) is 7.59. The maximum absolute atomic E-state index is 13.2. The second-order valence-electron chi connectivity index (χ2n) is 17.6. The molecule has 0 radical (unpaired) electrons. The van der Waals surface area contributed by atoms with Crippen molar-refractivity contribution in [1.82, 2.24) is 5.32 Å². The van der Waals surface area contributed by atoms with Crippen molar-refractivity contribution < 1.29 is 24.5 Å². The quantitative estimate of drug-likeness (QED) is 0.0322. The predicted octanol–water partition coefficient (Wildman–Crippen LogP) is 15.6. The van der Waals surface area contributed by atoms with Gasteiger partial charge in [0.25, 0.3) is 0 Å². The first-order valence-corrected chi connectivity index (χ1v) is 26.0. The molecule has 3 atom stereocenters. The van der Waals surface area contributed by atoms with Gasteiger partial charge in [-0.25, -0.2) is 0 Å². The SMILES string of the molecule is CCCCC/C=C\C/C=C\C/C=C\C/C=C\CCCC(CC(=O)NC(CO)C(O)CCCCCCCCCCCCCCC)OC(=O)CCCCCCC/C=C\CCCCC. The van der Waals surface area contributed by atoms with Crippen molar-refractivity contribution in [2.24, 2.45) is 0 Å². The van der Waals surface area contributed by atoms with Gasteiger partial charge in [-0.2, -0.15) is 0 Å². The zero-order valence-corrected chi connectivity index (χ0v) is 40.3. The Morgan fingerprint density at radius 1 is 0.475 bits per heavy atom. The molecule has 0 aromatic rings.